The summed E-state index contributed by atoms with van der Waals surface area (Å²) in [4.78, 5) is 19.9. The van der Waals surface area contributed by atoms with Crippen molar-refractivity contribution >= 4 is 23.5 Å². The fourth-order valence-electron chi connectivity index (χ4n) is 1.82. The molecule has 102 valence electrons. The highest BCUT2D eigenvalue weighted by Crippen LogP contribution is 2.15. The van der Waals surface area contributed by atoms with Crippen molar-refractivity contribution in [2.24, 2.45) is 0 Å². The standard InChI is InChI=1S/C13H17N3O2S/c1-9-6-10(2)16-7-11(15-13(16)14-9)8-19-5-4-12(17)18-3/h6-7H,4-5,8H2,1-3H3. The van der Waals surface area contributed by atoms with Crippen LogP contribution in [-0.2, 0) is 15.3 Å². The second-order valence-electron chi connectivity index (χ2n) is 4.32. The van der Waals surface area contributed by atoms with Crippen LogP contribution in [-0.4, -0.2) is 33.2 Å². The van der Waals surface area contributed by atoms with Crippen LogP contribution < -0.4 is 0 Å². The van der Waals surface area contributed by atoms with Gasteiger partial charge >= 0.3 is 5.97 Å². The van der Waals surface area contributed by atoms with Crippen LogP contribution in [0, 0.1) is 13.8 Å². The molecule has 0 atom stereocenters. The van der Waals surface area contributed by atoms with Crippen molar-refractivity contribution in [2.75, 3.05) is 12.9 Å². The number of aryl methyl sites for hydroxylation is 2. The predicted octanol–water partition coefficient (Wildman–Crippen LogP) is 2.14. The number of hydrogen-bond donors (Lipinski definition) is 0. The molecule has 0 fully saturated rings. The zero-order valence-electron chi connectivity index (χ0n) is 11.3. The molecule has 0 aliphatic heterocycles. The molecule has 6 heteroatoms. The van der Waals surface area contributed by atoms with Crippen molar-refractivity contribution in [1.29, 1.82) is 0 Å². The molecule has 2 rings (SSSR count). The maximum Gasteiger partial charge on any atom is 0.306 e. The van der Waals surface area contributed by atoms with E-state index in [1.165, 1.54) is 7.11 Å². The first-order valence-electron chi connectivity index (χ1n) is 6.07. The van der Waals surface area contributed by atoms with Gasteiger partial charge in [-0.2, -0.15) is 11.8 Å². The number of ether oxygens (including phenoxy) is 1. The van der Waals surface area contributed by atoms with Crippen molar-refractivity contribution in [3.63, 3.8) is 0 Å². The molecule has 0 N–H and O–H groups in total. The number of methoxy groups -OCH3 is 1. The number of rotatable bonds is 5. The van der Waals surface area contributed by atoms with Crippen molar-refractivity contribution in [1.82, 2.24) is 14.4 Å². The van der Waals surface area contributed by atoms with Gasteiger partial charge in [0, 0.05) is 29.1 Å². The average Bonchev–Trinajstić information content (AvgIpc) is 2.77. The third kappa shape index (κ3) is 3.47. The lowest BCUT2D eigenvalue weighted by molar-refractivity contribution is -0.140. The molecule has 0 spiro atoms. The van der Waals surface area contributed by atoms with E-state index in [-0.39, 0.29) is 5.97 Å². The molecular formula is C13H17N3O2S. The number of carbonyl (C=O) groups is 1. The Morgan fingerprint density at radius 2 is 2.21 bits per heavy atom. The highest BCUT2D eigenvalue weighted by molar-refractivity contribution is 7.98. The monoisotopic (exact) mass is 279 g/mol. The lowest BCUT2D eigenvalue weighted by atomic mass is 10.3. The number of imidazole rings is 1. The smallest absolute Gasteiger partial charge is 0.306 e. The number of esters is 1. The van der Waals surface area contributed by atoms with E-state index in [2.05, 4.69) is 14.7 Å². The molecule has 0 unspecified atom stereocenters. The minimum Gasteiger partial charge on any atom is -0.469 e. The quantitative estimate of drug-likeness (QED) is 0.620. The zero-order valence-corrected chi connectivity index (χ0v) is 12.2. The third-order valence-electron chi connectivity index (χ3n) is 2.74. The first-order valence-corrected chi connectivity index (χ1v) is 7.22. The lowest BCUT2D eigenvalue weighted by Crippen LogP contribution is -2.01. The van der Waals surface area contributed by atoms with Gasteiger partial charge in [0.05, 0.1) is 19.2 Å². The summed E-state index contributed by atoms with van der Waals surface area (Å²) in [6.07, 6.45) is 2.44. The molecule has 5 nitrogen and oxygen atoms in total. The molecule has 19 heavy (non-hydrogen) atoms. The first kappa shape index (κ1) is 13.9. The van der Waals surface area contributed by atoms with Gasteiger partial charge in [-0.1, -0.05) is 0 Å². The molecule has 2 heterocycles. The van der Waals surface area contributed by atoms with Gasteiger partial charge in [0.2, 0.25) is 5.78 Å². The Bertz CT molecular complexity index is 595. The van der Waals surface area contributed by atoms with Gasteiger partial charge in [-0.3, -0.25) is 9.20 Å². The van der Waals surface area contributed by atoms with Gasteiger partial charge in [-0.25, -0.2) is 9.97 Å². The van der Waals surface area contributed by atoms with Crippen LogP contribution in [0.15, 0.2) is 12.3 Å². The van der Waals surface area contributed by atoms with Crippen molar-refractivity contribution < 1.29 is 9.53 Å². The Hall–Kier alpha value is -1.56. The van der Waals surface area contributed by atoms with Gasteiger partial charge in [0.25, 0.3) is 0 Å². The molecule has 2 aromatic rings. The summed E-state index contributed by atoms with van der Waals surface area (Å²) in [6.45, 7) is 4.00. The Balaban J connectivity index is 1.98. The molecule has 0 aliphatic carbocycles. The molecule has 0 bridgehead atoms. The van der Waals surface area contributed by atoms with Crippen LogP contribution in [0.1, 0.15) is 23.5 Å². The summed E-state index contributed by atoms with van der Waals surface area (Å²) >= 11 is 1.67. The first-order chi connectivity index (χ1) is 9.10. The van der Waals surface area contributed by atoms with E-state index in [1.54, 1.807) is 11.8 Å². The van der Waals surface area contributed by atoms with Crippen LogP contribution in [0.4, 0.5) is 0 Å². The number of aromatic nitrogens is 3. The van der Waals surface area contributed by atoms with Gasteiger partial charge in [0.15, 0.2) is 0 Å². The van der Waals surface area contributed by atoms with E-state index < -0.39 is 0 Å². The minimum atomic E-state index is -0.171. The fraction of sp³-hybridized carbons (Fsp3) is 0.462. The normalized spacial score (nSPS) is 10.9. The summed E-state index contributed by atoms with van der Waals surface area (Å²) in [6, 6.07) is 2.03. The van der Waals surface area contributed by atoms with E-state index in [4.69, 9.17) is 0 Å². The third-order valence-corrected chi connectivity index (χ3v) is 3.73. The maximum atomic E-state index is 11.0. The Morgan fingerprint density at radius 1 is 1.42 bits per heavy atom. The van der Waals surface area contributed by atoms with Crippen molar-refractivity contribution in [2.45, 2.75) is 26.0 Å². The van der Waals surface area contributed by atoms with Crippen LogP contribution >= 0.6 is 11.8 Å². The van der Waals surface area contributed by atoms with E-state index in [9.17, 15) is 4.79 Å². The Kier molecular flexibility index (Phi) is 4.42. The summed E-state index contributed by atoms with van der Waals surface area (Å²) in [7, 11) is 1.41. The molecular weight excluding hydrogens is 262 g/mol. The second kappa shape index (κ2) is 6.06. The van der Waals surface area contributed by atoms with Gasteiger partial charge in [0.1, 0.15) is 0 Å². The number of nitrogens with zero attached hydrogens (tertiary/aromatic N) is 3. The second-order valence-corrected chi connectivity index (χ2v) is 5.43. The molecule has 0 radical (unpaired) electrons. The fourth-order valence-corrected chi connectivity index (χ4v) is 2.63. The van der Waals surface area contributed by atoms with Crippen LogP contribution in [0.25, 0.3) is 5.78 Å². The average molecular weight is 279 g/mol. The molecule has 2 aromatic heterocycles. The predicted molar refractivity (Wildman–Crippen MR) is 75.3 cm³/mol. The Labute approximate surface area is 116 Å². The maximum absolute atomic E-state index is 11.0. The number of hydrogen-bond acceptors (Lipinski definition) is 5. The molecule has 0 saturated carbocycles. The minimum absolute atomic E-state index is 0.171. The summed E-state index contributed by atoms with van der Waals surface area (Å²) < 4.78 is 6.59. The van der Waals surface area contributed by atoms with Crippen LogP contribution in [0.3, 0.4) is 0 Å². The van der Waals surface area contributed by atoms with Gasteiger partial charge < -0.3 is 4.74 Å². The van der Waals surface area contributed by atoms with Crippen LogP contribution in [0.5, 0.6) is 0 Å². The highest BCUT2D eigenvalue weighted by atomic mass is 32.2. The molecule has 0 aromatic carbocycles. The highest BCUT2D eigenvalue weighted by Gasteiger charge is 2.06. The van der Waals surface area contributed by atoms with Crippen LogP contribution in [0.2, 0.25) is 0 Å². The number of fused-ring (bicyclic) bond motifs is 1. The Morgan fingerprint density at radius 3 is 2.95 bits per heavy atom. The summed E-state index contributed by atoms with van der Waals surface area (Å²) in [5.41, 5.74) is 3.08. The topological polar surface area (TPSA) is 56.5 Å². The SMILES string of the molecule is COC(=O)CCSCc1cn2c(C)cc(C)nc2n1. The lowest BCUT2D eigenvalue weighted by Gasteiger charge is -1.99. The summed E-state index contributed by atoms with van der Waals surface area (Å²) in [5, 5.41) is 0. The molecule has 0 amide bonds. The van der Waals surface area contributed by atoms with E-state index >= 15 is 0 Å². The van der Waals surface area contributed by atoms with Gasteiger partial charge in [-0.05, 0) is 19.9 Å². The largest absolute Gasteiger partial charge is 0.469 e. The van der Waals surface area contributed by atoms with Crippen molar-refractivity contribution in [3.05, 3.63) is 29.3 Å². The zero-order chi connectivity index (χ0) is 13.8. The van der Waals surface area contributed by atoms with E-state index in [0.29, 0.717) is 6.42 Å². The number of carbonyl (C=O) groups excluding carboxylic acids is 1. The van der Waals surface area contributed by atoms with Gasteiger partial charge in [-0.15, -0.1) is 0 Å². The van der Waals surface area contributed by atoms with E-state index in [1.807, 2.05) is 30.5 Å². The number of thioether (sulfide) groups is 1. The molecule has 0 saturated heterocycles. The summed E-state index contributed by atoms with van der Waals surface area (Å²) in [5.74, 6) is 2.09. The van der Waals surface area contributed by atoms with Crippen molar-refractivity contribution in [3.8, 4) is 0 Å². The molecule has 0 aliphatic rings. The van der Waals surface area contributed by atoms with E-state index in [0.717, 1.165) is 34.4 Å².